The molecule has 2 N–H and O–H groups in total. The van der Waals surface area contributed by atoms with Crippen LogP contribution in [-0.2, 0) is 31.1 Å². The molecule has 0 unspecified atom stereocenters. The number of rotatable bonds is 5. The molecular weight excluding hydrogens is 386 g/mol. The van der Waals surface area contributed by atoms with E-state index in [9.17, 15) is 19.2 Å². The third kappa shape index (κ3) is 3.91. The SMILES string of the molecule is O=C(COC(=O)CN1C(=O)N[C@]2(CCCc3ccccc32)C1=O)NC1CCCCC1. The Kier molecular flexibility index (Phi) is 5.74. The fraction of sp³-hybridized carbons (Fsp3) is 0.545. The second-order valence-corrected chi connectivity index (χ2v) is 8.30. The minimum atomic E-state index is -1.12. The highest BCUT2D eigenvalue weighted by atomic mass is 16.5. The average molecular weight is 413 g/mol. The topological polar surface area (TPSA) is 105 Å². The van der Waals surface area contributed by atoms with Crippen LogP contribution in [0.1, 0.15) is 56.1 Å². The monoisotopic (exact) mass is 413 g/mol. The molecule has 1 aromatic carbocycles. The second kappa shape index (κ2) is 8.45. The summed E-state index contributed by atoms with van der Waals surface area (Å²) < 4.78 is 5.02. The molecule has 4 amide bonds. The number of benzene rings is 1. The van der Waals surface area contributed by atoms with Gasteiger partial charge in [0.15, 0.2) is 6.61 Å². The molecule has 2 fully saturated rings. The Labute approximate surface area is 175 Å². The molecule has 2 aliphatic carbocycles. The van der Waals surface area contributed by atoms with Crippen molar-refractivity contribution in [1.82, 2.24) is 15.5 Å². The molecule has 0 aromatic heterocycles. The fourth-order valence-electron chi connectivity index (χ4n) is 4.79. The molecule has 0 bridgehead atoms. The van der Waals surface area contributed by atoms with Gasteiger partial charge in [0.05, 0.1) is 0 Å². The maximum atomic E-state index is 13.1. The van der Waals surface area contributed by atoms with Crippen LogP contribution in [0, 0.1) is 0 Å². The van der Waals surface area contributed by atoms with E-state index in [4.69, 9.17) is 4.74 Å². The lowest BCUT2D eigenvalue weighted by molar-refractivity contribution is -0.151. The lowest BCUT2D eigenvalue weighted by atomic mass is 9.76. The van der Waals surface area contributed by atoms with E-state index in [0.717, 1.165) is 54.6 Å². The van der Waals surface area contributed by atoms with Crippen molar-refractivity contribution in [1.29, 1.82) is 0 Å². The molecule has 8 nitrogen and oxygen atoms in total. The van der Waals surface area contributed by atoms with E-state index < -0.39 is 36.6 Å². The molecule has 1 aliphatic heterocycles. The fourth-order valence-corrected chi connectivity index (χ4v) is 4.79. The largest absolute Gasteiger partial charge is 0.454 e. The molecule has 0 radical (unpaired) electrons. The molecule has 4 rings (SSSR count). The number of nitrogens with one attached hydrogen (secondary N) is 2. The van der Waals surface area contributed by atoms with Crippen molar-refractivity contribution in [3.05, 3.63) is 35.4 Å². The minimum absolute atomic E-state index is 0.127. The Morgan fingerprint density at radius 1 is 1.13 bits per heavy atom. The standard InChI is InChI=1S/C22H27N3O5/c26-18(23-16-9-2-1-3-10-16)14-30-19(27)13-25-20(28)22(24-21(25)29)12-6-8-15-7-4-5-11-17(15)22/h4-5,7,11,16H,1-3,6,8-10,12-14H2,(H,23,26)(H,24,29)/t22-/m0/s1. The summed E-state index contributed by atoms with van der Waals surface area (Å²) >= 11 is 0. The first-order valence-electron chi connectivity index (χ1n) is 10.7. The van der Waals surface area contributed by atoms with Crippen molar-refractivity contribution in [2.75, 3.05) is 13.2 Å². The Morgan fingerprint density at radius 3 is 2.70 bits per heavy atom. The average Bonchev–Trinajstić information content (AvgIpc) is 2.98. The van der Waals surface area contributed by atoms with Crippen molar-refractivity contribution in [3.8, 4) is 0 Å². The zero-order chi connectivity index (χ0) is 21.1. The summed E-state index contributed by atoms with van der Waals surface area (Å²) in [7, 11) is 0. The molecule has 1 atom stereocenters. The third-order valence-electron chi connectivity index (χ3n) is 6.27. The number of esters is 1. The summed E-state index contributed by atoms with van der Waals surface area (Å²) in [6.07, 6.45) is 7.33. The van der Waals surface area contributed by atoms with E-state index in [1.165, 1.54) is 6.42 Å². The van der Waals surface area contributed by atoms with E-state index in [2.05, 4.69) is 10.6 Å². The van der Waals surface area contributed by atoms with Gasteiger partial charge < -0.3 is 15.4 Å². The number of imide groups is 1. The van der Waals surface area contributed by atoms with Gasteiger partial charge in [-0.1, -0.05) is 43.5 Å². The smallest absolute Gasteiger partial charge is 0.326 e. The summed E-state index contributed by atoms with van der Waals surface area (Å²) in [5.74, 6) is -1.58. The number of aryl methyl sites for hydroxylation is 1. The van der Waals surface area contributed by atoms with Gasteiger partial charge in [0.1, 0.15) is 12.1 Å². The van der Waals surface area contributed by atoms with Gasteiger partial charge in [-0.2, -0.15) is 0 Å². The molecule has 160 valence electrons. The van der Waals surface area contributed by atoms with E-state index in [1.54, 1.807) is 0 Å². The minimum Gasteiger partial charge on any atom is -0.454 e. The van der Waals surface area contributed by atoms with Crippen LogP contribution in [-0.4, -0.2) is 47.9 Å². The zero-order valence-corrected chi connectivity index (χ0v) is 16.9. The molecule has 30 heavy (non-hydrogen) atoms. The predicted octanol–water partition coefficient (Wildman–Crippen LogP) is 1.76. The predicted molar refractivity (Wildman–Crippen MR) is 107 cm³/mol. The molecule has 1 saturated heterocycles. The Balaban J connectivity index is 1.35. The number of nitrogens with zero attached hydrogens (tertiary/aromatic N) is 1. The first-order valence-corrected chi connectivity index (χ1v) is 10.7. The highest BCUT2D eigenvalue weighted by Gasteiger charge is 2.54. The first kappa shape index (κ1) is 20.4. The van der Waals surface area contributed by atoms with Gasteiger partial charge in [0.2, 0.25) is 0 Å². The number of carbonyl (C=O) groups excluding carboxylic acids is 4. The maximum absolute atomic E-state index is 13.1. The Morgan fingerprint density at radius 2 is 1.90 bits per heavy atom. The third-order valence-corrected chi connectivity index (χ3v) is 6.27. The van der Waals surface area contributed by atoms with Crippen LogP contribution in [0.15, 0.2) is 24.3 Å². The Bertz CT molecular complexity index is 864. The molecule has 1 saturated carbocycles. The van der Waals surface area contributed by atoms with Gasteiger partial charge in [-0.25, -0.2) is 4.79 Å². The van der Waals surface area contributed by atoms with Gasteiger partial charge in [0.25, 0.3) is 11.8 Å². The molecule has 3 aliphatic rings. The number of carbonyl (C=O) groups is 4. The zero-order valence-electron chi connectivity index (χ0n) is 16.9. The van der Waals surface area contributed by atoms with Crippen LogP contribution < -0.4 is 10.6 Å². The van der Waals surface area contributed by atoms with Gasteiger partial charge in [0, 0.05) is 6.04 Å². The highest BCUT2D eigenvalue weighted by molar-refractivity contribution is 6.09. The van der Waals surface area contributed by atoms with Crippen molar-refractivity contribution in [3.63, 3.8) is 0 Å². The summed E-state index contributed by atoms with van der Waals surface area (Å²) in [5, 5.41) is 5.67. The van der Waals surface area contributed by atoms with E-state index in [-0.39, 0.29) is 11.9 Å². The lowest BCUT2D eigenvalue weighted by Crippen LogP contribution is -2.47. The molecule has 1 heterocycles. The molecule has 1 spiro atoms. The van der Waals surface area contributed by atoms with Crippen LogP contribution in [0.25, 0.3) is 0 Å². The van der Waals surface area contributed by atoms with Crippen LogP contribution in [0.2, 0.25) is 0 Å². The molecular formula is C22H27N3O5. The first-order chi connectivity index (χ1) is 14.5. The summed E-state index contributed by atoms with van der Waals surface area (Å²) in [6.45, 7) is -0.918. The maximum Gasteiger partial charge on any atom is 0.326 e. The summed E-state index contributed by atoms with van der Waals surface area (Å²) in [6, 6.07) is 7.07. The lowest BCUT2D eigenvalue weighted by Gasteiger charge is -2.33. The van der Waals surface area contributed by atoms with Crippen molar-refractivity contribution < 1.29 is 23.9 Å². The molecule has 1 aromatic rings. The van der Waals surface area contributed by atoms with Crippen molar-refractivity contribution >= 4 is 23.8 Å². The normalized spacial score (nSPS) is 23.8. The number of amides is 4. The number of hydrogen-bond donors (Lipinski definition) is 2. The van der Waals surface area contributed by atoms with Gasteiger partial charge in [-0.3, -0.25) is 19.3 Å². The van der Waals surface area contributed by atoms with E-state index >= 15 is 0 Å². The Hall–Kier alpha value is -2.90. The number of fused-ring (bicyclic) bond motifs is 2. The van der Waals surface area contributed by atoms with Crippen molar-refractivity contribution in [2.45, 2.75) is 62.9 Å². The summed E-state index contributed by atoms with van der Waals surface area (Å²) in [4.78, 5) is 50.8. The van der Waals surface area contributed by atoms with Gasteiger partial charge in [-0.15, -0.1) is 0 Å². The highest BCUT2D eigenvalue weighted by Crippen LogP contribution is 2.39. The van der Waals surface area contributed by atoms with Crippen LogP contribution in [0.3, 0.4) is 0 Å². The number of urea groups is 1. The van der Waals surface area contributed by atoms with E-state index in [0.29, 0.717) is 6.42 Å². The second-order valence-electron chi connectivity index (χ2n) is 8.30. The molecule has 8 heteroatoms. The number of hydrogen-bond acceptors (Lipinski definition) is 5. The van der Waals surface area contributed by atoms with Gasteiger partial charge in [-0.05, 0) is 43.2 Å². The van der Waals surface area contributed by atoms with E-state index in [1.807, 2.05) is 24.3 Å². The van der Waals surface area contributed by atoms with Gasteiger partial charge >= 0.3 is 12.0 Å². The van der Waals surface area contributed by atoms with Crippen molar-refractivity contribution in [2.24, 2.45) is 0 Å². The van der Waals surface area contributed by atoms with Crippen LogP contribution in [0.4, 0.5) is 4.79 Å². The number of ether oxygens (including phenoxy) is 1. The quantitative estimate of drug-likeness (QED) is 0.565. The van der Waals surface area contributed by atoms with Crippen LogP contribution in [0.5, 0.6) is 0 Å². The summed E-state index contributed by atoms with van der Waals surface area (Å²) in [5.41, 5.74) is 0.698. The van der Waals surface area contributed by atoms with Crippen LogP contribution >= 0.6 is 0 Å².